The Balaban J connectivity index is 3.30. The lowest BCUT2D eigenvalue weighted by atomic mass is 10.2. The van der Waals surface area contributed by atoms with E-state index < -0.39 is 11.9 Å². The van der Waals surface area contributed by atoms with Crippen LogP contribution in [-0.4, -0.2) is 4.98 Å². The van der Waals surface area contributed by atoms with E-state index in [4.69, 9.17) is 11.5 Å². The van der Waals surface area contributed by atoms with Crippen molar-refractivity contribution in [1.82, 2.24) is 4.98 Å². The van der Waals surface area contributed by atoms with Gasteiger partial charge in [0.25, 0.3) is 0 Å². The van der Waals surface area contributed by atoms with E-state index in [9.17, 15) is 13.2 Å². The monoisotopic (exact) mass is 205 g/mol. The highest BCUT2D eigenvalue weighted by Crippen LogP contribution is 2.31. The van der Waals surface area contributed by atoms with Crippen LogP contribution in [0.2, 0.25) is 0 Å². The van der Waals surface area contributed by atoms with Crippen molar-refractivity contribution in [1.29, 1.82) is 0 Å². The summed E-state index contributed by atoms with van der Waals surface area (Å²) in [5.74, 6) is 0. The van der Waals surface area contributed by atoms with Gasteiger partial charge in [0.15, 0.2) is 0 Å². The van der Waals surface area contributed by atoms with Crippen LogP contribution in [0.3, 0.4) is 0 Å². The number of nitrogens with zero attached hydrogens (tertiary/aromatic N) is 1. The van der Waals surface area contributed by atoms with Gasteiger partial charge in [-0.15, -0.1) is 0 Å². The Hall–Kier alpha value is -1.46. The molecule has 0 aliphatic heterocycles. The minimum Gasteiger partial charge on any atom is -0.397 e. The summed E-state index contributed by atoms with van der Waals surface area (Å²) in [6, 6.07) is 0.745. The van der Waals surface area contributed by atoms with Crippen LogP contribution in [-0.2, 0) is 12.6 Å². The molecule has 0 atom stereocenters. The summed E-state index contributed by atoms with van der Waals surface area (Å²) in [5.41, 5.74) is 10.0. The van der Waals surface area contributed by atoms with E-state index in [1.54, 1.807) is 6.92 Å². The van der Waals surface area contributed by atoms with Crippen molar-refractivity contribution in [2.24, 2.45) is 0 Å². The van der Waals surface area contributed by atoms with Crippen LogP contribution in [0.15, 0.2) is 6.07 Å². The fourth-order valence-electron chi connectivity index (χ4n) is 1.04. The highest BCUT2D eigenvalue weighted by molar-refractivity contribution is 5.66. The predicted molar refractivity (Wildman–Crippen MR) is 47.4 cm³/mol. The summed E-state index contributed by atoms with van der Waals surface area (Å²) in [6.07, 6.45) is -4.16. The zero-order valence-electron chi connectivity index (χ0n) is 7.52. The Bertz CT molecular complexity index is 346. The average molecular weight is 205 g/mol. The molecule has 1 rings (SSSR count). The van der Waals surface area contributed by atoms with E-state index in [0.717, 1.165) is 6.07 Å². The molecule has 4 N–H and O–H groups in total. The fraction of sp³-hybridized carbons (Fsp3) is 0.375. The van der Waals surface area contributed by atoms with Crippen LogP contribution in [0.25, 0.3) is 0 Å². The second-order valence-corrected chi connectivity index (χ2v) is 2.81. The molecule has 0 aromatic carbocycles. The lowest BCUT2D eigenvalue weighted by molar-refractivity contribution is -0.141. The van der Waals surface area contributed by atoms with Gasteiger partial charge in [0, 0.05) is 0 Å². The second kappa shape index (κ2) is 3.36. The van der Waals surface area contributed by atoms with Crippen LogP contribution >= 0.6 is 0 Å². The van der Waals surface area contributed by atoms with Gasteiger partial charge in [0.1, 0.15) is 5.69 Å². The summed E-state index contributed by atoms with van der Waals surface area (Å²) >= 11 is 0. The molecule has 3 nitrogen and oxygen atoms in total. The molecule has 14 heavy (non-hydrogen) atoms. The van der Waals surface area contributed by atoms with Crippen molar-refractivity contribution >= 4 is 11.4 Å². The Morgan fingerprint density at radius 1 is 1.36 bits per heavy atom. The second-order valence-electron chi connectivity index (χ2n) is 2.81. The Kier molecular flexibility index (Phi) is 2.55. The summed E-state index contributed by atoms with van der Waals surface area (Å²) in [5, 5.41) is 0. The summed E-state index contributed by atoms with van der Waals surface area (Å²) in [4.78, 5) is 3.39. The highest BCUT2D eigenvalue weighted by atomic mass is 19.4. The first-order chi connectivity index (χ1) is 6.36. The van der Waals surface area contributed by atoms with E-state index in [1.807, 2.05) is 0 Å². The van der Waals surface area contributed by atoms with Gasteiger partial charge in [-0.05, 0) is 12.5 Å². The third-order valence-electron chi connectivity index (χ3n) is 1.79. The number of hydrogen-bond donors (Lipinski definition) is 2. The topological polar surface area (TPSA) is 64.9 Å². The molecule has 1 aromatic heterocycles. The third-order valence-corrected chi connectivity index (χ3v) is 1.79. The minimum atomic E-state index is -4.48. The molecular formula is C8H10F3N3. The van der Waals surface area contributed by atoms with Gasteiger partial charge >= 0.3 is 6.18 Å². The number of rotatable bonds is 1. The first kappa shape index (κ1) is 10.6. The van der Waals surface area contributed by atoms with Gasteiger partial charge in [-0.3, -0.25) is 0 Å². The van der Waals surface area contributed by atoms with E-state index in [0.29, 0.717) is 6.42 Å². The van der Waals surface area contributed by atoms with Gasteiger partial charge < -0.3 is 11.5 Å². The number of halogens is 3. The number of aromatic nitrogens is 1. The number of alkyl halides is 3. The lowest BCUT2D eigenvalue weighted by Crippen LogP contribution is -2.12. The van der Waals surface area contributed by atoms with Crippen molar-refractivity contribution in [2.45, 2.75) is 19.5 Å². The first-order valence-electron chi connectivity index (χ1n) is 3.98. The smallest absolute Gasteiger partial charge is 0.397 e. The van der Waals surface area contributed by atoms with Crippen molar-refractivity contribution in [2.75, 3.05) is 11.5 Å². The maximum Gasteiger partial charge on any atom is 0.433 e. The summed E-state index contributed by atoms with van der Waals surface area (Å²) in [7, 11) is 0. The molecule has 0 saturated heterocycles. The molecule has 0 amide bonds. The van der Waals surface area contributed by atoms with Gasteiger partial charge in [-0.1, -0.05) is 6.92 Å². The van der Waals surface area contributed by atoms with Crippen LogP contribution in [0.4, 0.5) is 24.5 Å². The normalized spacial score (nSPS) is 11.7. The number of pyridine rings is 1. The molecule has 0 spiro atoms. The zero-order chi connectivity index (χ0) is 10.9. The largest absolute Gasteiger partial charge is 0.433 e. The highest BCUT2D eigenvalue weighted by Gasteiger charge is 2.33. The molecule has 1 aromatic rings. The van der Waals surface area contributed by atoms with Crippen LogP contribution in [0, 0.1) is 0 Å². The first-order valence-corrected chi connectivity index (χ1v) is 3.98. The van der Waals surface area contributed by atoms with Crippen molar-refractivity contribution in [3.8, 4) is 0 Å². The van der Waals surface area contributed by atoms with E-state index >= 15 is 0 Å². The quantitative estimate of drug-likeness (QED) is 0.735. The number of anilines is 2. The summed E-state index contributed by atoms with van der Waals surface area (Å²) < 4.78 is 36.8. The Morgan fingerprint density at radius 3 is 2.36 bits per heavy atom. The number of nitrogen functional groups attached to an aromatic ring is 2. The van der Waals surface area contributed by atoms with Crippen molar-refractivity contribution < 1.29 is 13.2 Å². The van der Waals surface area contributed by atoms with Gasteiger partial charge in [0.2, 0.25) is 0 Å². The van der Waals surface area contributed by atoms with Crippen molar-refractivity contribution in [3.63, 3.8) is 0 Å². The maximum absolute atomic E-state index is 12.3. The molecule has 0 bridgehead atoms. The Labute approximate surface area is 78.9 Å². The molecule has 6 heteroatoms. The lowest BCUT2D eigenvalue weighted by Gasteiger charge is -2.11. The van der Waals surface area contributed by atoms with Gasteiger partial charge in [-0.2, -0.15) is 13.2 Å². The SMILES string of the molecule is CCc1nc(C(F)(F)F)cc(N)c1N. The molecule has 0 saturated carbocycles. The van der Waals surface area contributed by atoms with Crippen LogP contribution in [0.5, 0.6) is 0 Å². The van der Waals surface area contributed by atoms with Crippen molar-refractivity contribution in [3.05, 3.63) is 17.5 Å². The van der Waals surface area contributed by atoms with Gasteiger partial charge in [0.05, 0.1) is 17.1 Å². The Morgan fingerprint density at radius 2 is 1.93 bits per heavy atom. The standard InChI is InChI=1S/C8H10F3N3/c1-2-5-7(13)4(12)3-6(14-5)8(9,10)11/h3H,2,13H2,1H3,(H2,12,14). The van der Waals surface area contributed by atoms with E-state index in [1.165, 1.54) is 0 Å². The van der Waals surface area contributed by atoms with Gasteiger partial charge in [-0.25, -0.2) is 4.98 Å². The molecule has 0 aliphatic rings. The van der Waals surface area contributed by atoms with Crippen LogP contribution < -0.4 is 11.5 Å². The minimum absolute atomic E-state index is 0.0795. The van der Waals surface area contributed by atoms with E-state index in [2.05, 4.69) is 4.98 Å². The molecule has 0 unspecified atom stereocenters. The maximum atomic E-state index is 12.3. The molecule has 0 radical (unpaired) electrons. The zero-order valence-corrected chi connectivity index (χ0v) is 7.52. The molecule has 0 fully saturated rings. The molecule has 78 valence electrons. The van der Waals surface area contributed by atoms with Crippen LogP contribution in [0.1, 0.15) is 18.3 Å². The predicted octanol–water partition coefficient (Wildman–Crippen LogP) is 1.83. The average Bonchev–Trinajstić information content (AvgIpc) is 2.07. The number of aryl methyl sites for hydroxylation is 1. The number of nitrogens with two attached hydrogens (primary N) is 2. The molecular weight excluding hydrogens is 195 g/mol. The molecule has 1 heterocycles. The molecule has 0 aliphatic carbocycles. The number of hydrogen-bond acceptors (Lipinski definition) is 3. The summed E-state index contributed by atoms with van der Waals surface area (Å²) in [6.45, 7) is 1.66. The third kappa shape index (κ3) is 1.89. The van der Waals surface area contributed by atoms with E-state index in [-0.39, 0.29) is 17.1 Å². The fourth-order valence-corrected chi connectivity index (χ4v) is 1.04.